The molecule has 114 valence electrons. The fourth-order valence-corrected chi connectivity index (χ4v) is 4.92. The normalized spacial score (nSPS) is 23.1. The smallest absolute Gasteiger partial charge is 0.150 e. The Morgan fingerprint density at radius 2 is 2.30 bits per heavy atom. The van der Waals surface area contributed by atoms with Crippen molar-refractivity contribution in [3.8, 4) is 0 Å². The van der Waals surface area contributed by atoms with Crippen LogP contribution >= 0.6 is 11.6 Å². The molecule has 0 spiro atoms. The van der Waals surface area contributed by atoms with Gasteiger partial charge < -0.3 is 0 Å². The zero-order chi connectivity index (χ0) is 14.9. The van der Waals surface area contributed by atoms with E-state index in [1.54, 1.807) is 4.68 Å². The SMILES string of the molecule is Cc1nn(C)c(CC(CC2CCS(=O)(=O)C2)NN)c1Cl. The lowest BCUT2D eigenvalue weighted by Crippen LogP contribution is -2.39. The minimum absolute atomic E-state index is 0.000556. The molecule has 2 atom stereocenters. The van der Waals surface area contributed by atoms with Crippen molar-refractivity contribution >= 4 is 21.4 Å². The number of aromatic nitrogens is 2. The minimum atomic E-state index is -2.85. The van der Waals surface area contributed by atoms with Crippen molar-refractivity contribution in [2.75, 3.05) is 11.5 Å². The van der Waals surface area contributed by atoms with Crippen molar-refractivity contribution < 1.29 is 8.42 Å². The van der Waals surface area contributed by atoms with E-state index in [1.165, 1.54) is 0 Å². The molecule has 0 amide bonds. The third-order valence-electron chi connectivity index (χ3n) is 3.88. The summed E-state index contributed by atoms with van der Waals surface area (Å²) in [6, 6.07) is 0.000556. The van der Waals surface area contributed by atoms with Crippen LogP contribution in [0.2, 0.25) is 5.02 Å². The molecule has 0 aromatic carbocycles. The van der Waals surface area contributed by atoms with Gasteiger partial charge in [0.05, 0.1) is 27.9 Å². The van der Waals surface area contributed by atoms with Gasteiger partial charge in [0, 0.05) is 19.5 Å². The second-order valence-electron chi connectivity index (χ2n) is 5.54. The van der Waals surface area contributed by atoms with E-state index in [1.807, 2.05) is 14.0 Å². The van der Waals surface area contributed by atoms with E-state index < -0.39 is 9.84 Å². The summed E-state index contributed by atoms with van der Waals surface area (Å²) in [6.45, 7) is 1.86. The molecule has 20 heavy (non-hydrogen) atoms. The van der Waals surface area contributed by atoms with Gasteiger partial charge in [0.1, 0.15) is 0 Å². The Balaban J connectivity index is 2.03. The van der Waals surface area contributed by atoms with Crippen molar-refractivity contribution in [2.24, 2.45) is 18.8 Å². The maximum absolute atomic E-state index is 11.5. The zero-order valence-electron chi connectivity index (χ0n) is 11.8. The van der Waals surface area contributed by atoms with Crippen LogP contribution < -0.4 is 11.3 Å². The molecule has 0 saturated carbocycles. The van der Waals surface area contributed by atoms with Gasteiger partial charge in [-0.1, -0.05) is 11.6 Å². The summed E-state index contributed by atoms with van der Waals surface area (Å²) < 4.78 is 24.7. The predicted molar refractivity (Wildman–Crippen MR) is 79.1 cm³/mol. The van der Waals surface area contributed by atoms with Crippen molar-refractivity contribution in [1.82, 2.24) is 15.2 Å². The molecule has 1 aliphatic rings. The summed E-state index contributed by atoms with van der Waals surface area (Å²) in [5.74, 6) is 6.34. The van der Waals surface area contributed by atoms with Crippen LogP contribution in [0.4, 0.5) is 0 Å². The van der Waals surface area contributed by atoms with Crippen LogP contribution in [-0.2, 0) is 23.3 Å². The number of sulfone groups is 1. The number of halogens is 1. The zero-order valence-corrected chi connectivity index (χ0v) is 13.3. The number of rotatable bonds is 5. The van der Waals surface area contributed by atoms with E-state index >= 15 is 0 Å². The van der Waals surface area contributed by atoms with Gasteiger partial charge in [0.15, 0.2) is 9.84 Å². The largest absolute Gasteiger partial charge is 0.271 e. The number of nitrogens with two attached hydrogens (primary N) is 1. The Hall–Kier alpha value is -0.630. The van der Waals surface area contributed by atoms with Crippen LogP contribution in [0.15, 0.2) is 0 Å². The first-order valence-electron chi connectivity index (χ1n) is 6.67. The molecule has 1 aliphatic heterocycles. The highest BCUT2D eigenvalue weighted by Gasteiger charge is 2.30. The highest BCUT2D eigenvalue weighted by Crippen LogP contribution is 2.26. The van der Waals surface area contributed by atoms with Crippen molar-refractivity contribution in [3.05, 3.63) is 16.4 Å². The third-order valence-corrected chi connectivity index (χ3v) is 6.21. The Bertz CT molecular complexity index is 585. The van der Waals surface area contributed by atoms with E-state index in [0.717, 1.165) is 24.2 Å². The van der Waals surface area contributed by atoms with Crippen LogP contribution in [0.25, 0.3) is 0 Å². The quantitative estimate of drug-likeness (QED) is 0.612. The first kappa shape index (κ1) is 15.8. The molecule has 2 heterocycles. The van der Waals surface area contributed by atoms with Crippen LogP contribution in [0.1, 0.15) is 24.2 Å². The molecule has 6 nitrogen and oxygen atoms in total. The lowest BCUT2D eigenvalue weighted by molar-refractivity contribution is 0.402. The third kappa shape index (κ3) is 3.52. The lowest BCUT2D eigenvalue weighted by atomic mass is 9.96. The van der Waals surface area contributed by atoms with Crippen LogP contribution in [0, 0.1) is 12.8 Å². The van der Waals surface area contributed by atoms with E-state index in [0.29, 0.717) is 17.2 Å². The summed E-state index contributed by atoms with van der Waals surface area (Å²) in [5, 5.41) is 4.93. The van der Waals surface area contributed by atoms with Crippen molar-refractivity contribution in [1.29, 1.82) is 0 Å². The molecule has 0 radical (unpaired) electrons. The van der Waals surface area contributed by atoms with Crippen LogP contribution in [0.5, 0.6) is 0 Å². The molecule has 3 N–H and O–H groups in total. The minimum Gasteiger partial charge on any atom is -0.271 e. The first-order valence-corrected chi connectivity index (χ1v) is 8.87. The number of nitrogens with one attached hydrogen (secondary N) is 1. The molecule has 0 aliphatic carbocycles. The summed E-state index contributed by atoms with van der Waals surface area (Å²) in [4.78, 5) is 0. The molecule has 2 rings (SSSR count). The fraction of sp³-hybridized carbons (Fsp3) is 0.750. The first-order chi connectivity index (χ1) is 9.32. The van der Waals surface area contributed by atoms with E-state index in [-0.39, 0.29) is 17.7 Å². The Morgan fingerprint density at radius 3 is 2.75 bits per heavy atom. The molecule has 1 aromatic heterocycles. The van der Waals surface area contributed by atoms with Gasteiger partial charge in [-0.3, -0.25) is 16.0 Å². The van der Waals surface area contributed by atoms with Crippen LogP contribution in [-0.4, -0.2) is 35.7 Å². The molecule has 1 saturated heterocycles. The predicted octanol–water partition coefficient (Wildman–Crippen LogP) is 0.581. The maximum atomic E-state index is 11.5. The molecule has 0 bridgehead atoms. The lowest BCUT2D eigenvalue weighted by Gasteiger charge is -2.19. The molecule has 2 unspecified atom stereocenters. The van der Waals surface area contributed by atoms with Gasteiger partial charge in [-0.25, -0.2) is 8.42 Å². The molecule has 1 fully saturated rings. The summed E-state index contributed by atoms with van der Waals surface area (Å²) in [5.41, 5.74) is 4.49. The summed E-state index contributed by atoms with van der Waals surface area (Å²) >= 11 is 6.23. The van der Waals surface area contributed by atoms with Gasteiger partial charge in [-0.2, -0.15) is 5.10 Å². The maximum Gasteiger partial charge on any atom is 0.150 e. The van der Waals surface area contributed by atoms with Gasteiger partial charge in [-0.05, 0) is 25.7 Å². The van der Waals surface area contributed by atoms with Gasteiger partial charge in [-0.15, -0.1) is 0 Å². The average Bonchev–Trinajstić information content (AvgIpc) is 2.82. The van der Waals surface area contributed by atoms with Gasteiger partial charge in [0.25, 0.3) is 0 Å². The highest BCUT2D eigenvalue weighted by atomic mass is 35.5. The second kappa shape index (κ2) is 6.01. The highest BCUT2D eigenvalue weighted by molar-refractivity contribution is 7.91. The topological polar surface area (TPSA) is 90.0 Å². The Labute approximate surface area is 124 Å². The number of aryl methyl sites for hydroxylation is 2. The molecule has 8 heteroatoms. The van der Waals surface area contributed by atoms with Crippen molar-refractivity contribution in [3.63, 3.8) is 0 Å². The molecule has 1 aromatic rings. The van der Waals surface area contributed by atoms with Crippen molar-refractivity contribution in [2.45, 2.75) is 32.2 Å². The number of nitrogens with zero attached hydrogens (tertiary/aromatic N) is 2. The van der Waals surface area contributed by atoms with Gasteiger partial charge in [0.2, 0.25) is 0 Å². The standard InChI is InChI=1S/C12H21ClN4O2S/c1-8-12(13)11(17(2)16-8)6-10(15-14)5-9-3-4-20(18,19)7-9/h9-10,15H,3-7,14H2,1-2H3. The van der Waals surface area contributed by atoms with E-state index in [9.17, 15) is 8.42 Å². The van der Waals surface area contributed by atoms with Gasteiger partial charge >= 0.3 is 0 Å². The van der Waals surface area contributed by atoms with Crippen LogP contribution in [0.3, 0.4) is 0 Å². The molecular formula is C12H21ClN4O2S. The van der Waals surface area contributed by atoms with E-state index in [4.69, 9.17) is 17.4 Å². The Kier molecular flexibility index (Phi) is 4.73. The summed E-state index contributed by atoms with van der Waals surface area (Å²) in [6.07, 6.45) is 2.10. The average molecular weight is 321 g/mol. The number of hydrogen-bond acceptors (Lipinski definition) is 5. The molecular weight excluding hydrogens is 300 g/mol. The summed E-state index contributed by atoms with van der Waals surface area (Å²) in [7, 11) is -0.998. The number of hydrogen-bond donors (Lipinski definition) is 2. The van der Waals surface area contributed by atoms with E-state index in [2.05, 4.69) is 10.5 Å². The number of hydrazine groups is 1. The monoisotopic (exact) mass is 320 g/mol. The fourth-order valence-electron chi connectivity index (χ4n) is 2.81. The Morgan fingerprint density at radius 1 is 1.60 bits per heavy atom. The second-order valence-corrected chi connectivity index (χ2v) is 8.15.